The Morgan fingerprint density at radius 1 is 1.02 bits per heavy atom. The molecule has 7 rings (SSSR count). The van der Waals surface area contributed by atoms with E-state index in [-0.39, 0.29) is 45.4 Å². The molecule has 4 aliphatic rings. The standard InChI is InChI=1S/C35H38F2N3O6PS/c1-20(2)34(24-6-4-3-5-7-24)18-39(19-34)33(43)28-12-11-26-15-21-8-9-22(21)16-27(32(42)40(26)28)38-31(41)30-17-23-14-25(10-13-29(23)48-30)35(36,37)47(44,45)46/h3-10,13-14,17,20-22,26-28H,11-12,15-16,18-19H2,1-2H3,(H,38,41)(H2,44,45,46)/t21-,22+,26+,27-,28-/m0/s1. The van der Waals surface area contributed by atoms with Crippen molar-refractivity contribution in [1.29, 1.82) is 0 Å². The smallest absolute Gasteiger partial charge is 0.340 e. The summed E-state index contributed by atoms with van der Waals surface area (Å²) in [6.45, 7) is 5.51. The molecule has 13 heteroatoms. The van der Waals surface area contributed by atoms with Gasteiger partial charge in [-0.1, -0.05) is 62.4 Å². The number of amides is 3. The molecule has 0 unspecified atom stereocenters. The monoisotopic (exact) mass is 697 g/mol. The minimum Gasteiger partial charge on any atom is -0.340 e. The normalized spacial score (nSPS) is 26.7. The molecular weight excluding hydrogens is 659 g/mol. The van der Waals surface area contributed by atoms with Crippen molar-refractivity contribution in [1.82, 2.24) is 15.1 Å². The molecule has 3 aliphatic heterocycles. The molecule has 2 aromatic carbocycles. The number of carbonyl (C=O) groups excluding carboxylic acids is 3. The Hall–Kier alpha value is -3.44. The highest BCUT2D eigenvalue weighted by Gasteiger charge is 2.54. The zero-order valence-corrected chi connectivity index (χ0v) is 28.3. The van der Waals surface area contributed by atoms with Gasteiger partial charge in [0.05, 0.1) is 4.88 Å². The largest absolute Gasteiger partial charge is 0.399 e. The Kier molecular flexibility index (Phi) is 8.17. The maximum Gasteiger partial charge on any atom is 0.399 e. The summed E-state index contributed by atoms with van der Waals surface area (Å²) in [7, 11) is -5.76. The van der Waals surface area contributed by atoms with E-state index in [2.05, 4.69) is 43.4 Å². The summed E-state index contributed by atoms with van der Waals surface area (Å²) in [6.07, 6.45) is 6.62. The second kappa shape index (κ2) is 11.9. The Labute approximate surface area is 281 Å². The molecule has 5 atom stereocenters. The van der Waals surface area contributed by atoms with Gasteiger partial charge in [-0.2, -0.15) is 8.78 Å². The summed E-state index contributed by atoms with van der Waals surface area (Å²) in [5, 5.41) is 3.13. The highest BCUT2D eigenvalue weighted by Crippen LogP contribution is 2.59. The summed E-state index contributed by atoms with van der Waals surface area (Å²) >= 11 is 1.04. The lowest BCUT2D eigenvalue weighted by Gasteiger charge is -2.54. The fraction of sp³-hybridized carbons (Fsp3) is 0.457. The van der Waals surface area contributed by atoms with E-state index in [9.17, 15) is 27.7 Å². The van der Waals surface area contributed by atoms with Crippen LogP contribution < -0.4 is 5.32 Å². The number of likely N-dealkylation sites (tertiary alicyclic amines) is 1. The third-order valence-electron chi connectivity index (χ3n) is 11.0. The van der Waals surface area contributed by atoms with Crippen LogP contribution in [0.2, 0.25) is 0 Å². The summed E-state index contributed by atoms with van der Waals surface area (Å²) < 4.78 is 40.6. The molecular formula is C35H38F2N3O6PS. The van der Waals surface area contributed by atoms with Crippen LogP contribution in [0, 0.1) is 17.8 Å². The number of rotatable bonds is 7. The van der Waals surface area contributed by atoms with Crippen LogP contribution in [0.1, 0.15) is 60.3 Å². The van der Waals surface area contributed by atoms with Gasteiger partial charge in [0, 0.05) is 34.8 Å². The van der Waals surface area contributed by atoms with Crippen molar-refractivity contribution in [3.8, 4) is 0 Å². The van der Waals surface area contributed by atoms with E-state index < -0.39 is 36.8 Å². The van der Waals surface area contributed by atoms with Gasteiger partial charge in [-0.25, -0.2) is 0 Å². The van der Waals surface area contributed by atoms with Gasteiger partial charge in [-0.05, 0) is 72.6 Å². The van der Waals surface area contributed by atoms with Crippen LogP contribution in [0.25, 0.3) is 10.1 Å². The number of alkyl halides is 2. The lowest BCUT2D eigenvalue weighted by Crippen LogP contribution is -2.67. The van der Waals surface area contributed by atoms with Crippen molar-refractivity contribution < 1.29 is 37.5 Å². The van der Waals surface area contributed by atoms with Gasteiger partial charge in [0.15, 0.2) is 0 Å². The van der Waals surface area contributed by atoms with Crippen molar-refractivity contribution in [3.05, 3.63) is 82.8 Å². The maximum atomic E-state index is 14.4. The number of halogens is 2. The first-order valence-electron chi connectivity index (χ1n) is 16.3. The molecule has 3 aromatic rings. The van der Waals surface area contributed by atoms with Crippen molar-refractivity contribution in [2.24, 2.45) is 17.8 Å². The summed E-state index contributed by atoms with van der Waals surface area (Å²) in [5.41, 5.74) is -4.17. The highest BCUT2D eigenvalue weighted by molar-refractivity contribution is 7.52. The van der Waals surface area contributed by atoms with Gasteiger partial charge in [0.2, 0.25) is 11.8 Å². The second-order valence-corrected chi connectivity index (χ2v) is 16.8. The predicted octanol–water partition coefficient (Wildman–Crippen LogP) is 5.62. The predicted molar refractivity (Wildman–Crippen MR) is 178 cm³/mol. The third kappa shape index (κ3) is 5.41. The van der Waals surface area contributed by atoms with Crippen LogP contribution in [0.15, 0.2) is 66.7 Å². The molecule has 1 aliphatic carbocycles. The average molecular weight is 698 g/mol. The fourth-order valence-electron chi connectivity index (χ4n) is 8.00. The van der Waals surface area contributed by atoms with Crippen LogP contribution in [-0.2, 0) is 25.2 Å². The first kappa shape index (κ1) is 33.1. The number of benzene rings is 2. The average Bonchev–Trinajstić information content (AvgIpc) is 3.64. The van der Waals surface area contributed by atoms with Gasteiger partial charge in [-0.15, -0.1) is 11.3 Å². The third-order valence-corrected chi connectivity index (χ3v) is 13.1. The Balaban J connectivity index is 1.11. The Morgan fingerprint density at radius 2 is 1.71 bits per heavy atom. The van der Waals surface area contributed by atoms with E-state index in [0.717, 1.165) is 29.9 Å². The lowest BCUT2D eigenvalue weighted by molar-refractivity contribution is -0.153. The van der Waals surface area contributed by atoms with E-state index >= 15 is 0 Å². The first-order chi connectivity index (χ1) is 22.7. The first-order valence-corrected chi connectivity index (χ1v) is 18.8. The minimum atomic E-state index is -5.76. The number of hydrogen-bond acceptors (Lipinski definition) is 5. The zero-order valence-electron chi connectivity index (χ0n) is 26.6. The van der Waals surface area contributed by atoms with Gasteiger partial charge in [-0.3, -0.25) is 18.9 Å². The van der Waals surface area contributed by atoms with Crippen molar-refractivity contribution in [3.63, 3.8) is 0 Å². The van der Waals surface area contributed by atoms with Crippen LogP contribution in [0.5, 0.6) is 0 Å². The molecule has 0 saturated carbocycles. The quantitative estimate of drug-likeness (QED) is 0.218. The second-order valence-electron chi connectivity index (χ2n) is 14.0. The molecule has 0 bridgehead atoms. The number of nitrogens with zero attached hydrogens (tertiary/aromatic N) is 2. The number of fused-ring (bicyclic) bond motifs is 3. The van der Waals surface area contributed by atoms with E-state index in [1.54, 1.807) is 4.90 Å². The highest BCUT2D eigenvalue weighted by atomic mass is 32.1. The maximum absolute atomic E-state index is 14.4. The molecule has 3 N–H and O–H groups in total. The van der Waals surface area contributed by atoms with Gasteiger partial charge in [0.25, 0.3) is 5.91 Å². The lowest BCUT2D eigenvalue weighted by atomic mass is 9.66. The molecule has 3 saturated heterocycles. The topological polar surface area (TPSA) is 127 Å². The molecule has 3 fully saturated rings. The number of hydrogen-bond donors (Lipinski definition) is 3. The molecule has 4 heterocycles. The number of allylic oxidation sites excluding steroid dienone is 2. The Bertz CT molecular complexity index is 1850. The number of carbonyl (C=O) groups is 3. The Morgan fingerprint density at radius 3 is 2.35 bits per heavy atom. The van der Waals surface area contributed by atoms with Crippen LogP contribution in [0.4, 0.5) is 8.78 Å². The summed E-state index contributed by atoms with van der Waals surface area (Å²) in [6, 6.07) is 13.2. The van der Waals surface area contributed by atoms with Gasteiger partial charge in [0.1, 0.15) is 12.1 Å². The van der Waals surface area contributed by atoms with Crippen molar-refractivity contribution >= 4 is 46.7 Å². The number of thiophene rings is 1. The van der Waals surface area contributed by atoms with Gasteiger partial charge >= 0.3 is 13.3 Å². The van der Waals surface area contributed by atoms with E-state index in [0.29, 0.717) is 43.0 Å². The van der Waals surface area contributed by atoms with Crippen molar-refractivity contribution in [2.45, 2.75) is 68.7 Å². The van der Waals surface area contributed by atoms with Crippen LogP contribution in [0.3, 0.4) is 0 Å². The summed E-state index contributed by atoms with van der Waals surface area (Å²) in [4.78, 5) is 64.0. The fourth-order valence-corrected chi connectivity index (χ4v) is 9.42. The zero-order chi connectivity index (χ0) is 34.2. The molecule has 254 valence electrons. The SMILES string of the molecule is CC(C)C1(c2ccccc2)CN(C(=O)[C@@H]2CC[C@@H]3C[C@@H]4C=C[C@@H]4C[C@H](NC(=O)c4cc5cc(C(F)(F)P(=O)(O)O)ccc5s4)C(=O)N32)C1. The van der Waals surface area contributed by atoms with Gasteiger partial charge < -0.3 is 24.9 Å². The molecule has 1 aromatic heterocycles. The molecule has 48 heavy (non-hydrogen) atoms. The number of nitrogens with one attached hydrogen (secondary N) is 1. The van der Waals surface area contributed by atoms with Crippen LogP contribution >= 0.6 is 18.9 Å². The molecule has 3 amide bonds. The summed E-state index contributed by atoms with van der Waals surface area (Å²) in [5.74, 6) is -0.224. The van der Waals surface area contributed by atoms with E-state index in [1.165, 1.54) is 17.7 Å². The minimum absolute atomic E-state index is 0.0585. The molecule has 0 spiro atoms. The van der Waals surface area contributed by atoms with Crippen molar-refractivity contribution in [2.75, 3.05) is 13.1 Å². The van der Waals surface area contributed by atoms with Crippen LogP contribution in [-0.4, -0.2) is 68.5 Å². The molecule has 9 nitrogen and oxygen atoms in total. The van der Waals surface area contributed by atoms with E-state index in [1.807, 2.05) is 23.1 Å². The van der Waals surface area contributed by atoms with E-state index in [4.69, 9.17) is 9.79 Å². The molecule has 0 radical (unpaired) electrons.